The molecule has 0 spiro atoms. The maximum atomic E-state index is 12.4. The van der Waals surface area contributed by atoms with Crippen LogP contribution in [0.25, 0.3) is 0 Å². The number of anilines is 1. The Morgan fingerprint density at radius 1 is 1.12 bits per heavy atom. The van der Waals surface area contributed by atoms with Crippen molar-refractivity contribution in [2.24, 2.45) is 0 Å². The number of benzene rings is 2. The van der Waals surface area contributed by atoms with E-state index in [9.17, 15) is 13.2 Å². The van der Waals surface area contributed by atoms with Gasteiger partial charge >= 0.3 is 0 Å². The van der Waals surface area contributed by atoms with Crippen LogP contribution in [-0.4, -0.2) is 39.7 Å². The normalized spacial score (nSPS) is 17.7. The van der Waals surface area contributed by atoms with Crippen LogP contribution in [0.2, 0.25) is 0 Å². The summed E-state index contributed by atoms with van der Waals surface area (Å²) in [6.45, 7) is 1.64. The molecule has 0 unspecified atom stereocenters. The molecule has 1 fully saturated rings. The van der Waals surface area contributed by atoms with E-state index >= 15 is 0 Å². The summed E-state index contributed by atoms with van der Waals surface area (Å²) in [5.74, 6) is -0.236. The number of nitrogens with zero attached hydrogens (tertiary/aromatic N) is 1. The molecule has 126 valence electrons. The lowest BCUT2D eigenvalue weighted by Crippen LogP contribution is -2.37. The maximum absolute atomic E-state index is 12.4. The summed E-state index contributed by atoms with van der Waals surface area (Å²) in [6.07, 6.45) is 2.01. The number of para-hydroxylation sites is 1. The third kappa shape index (κ3) is 3.76. The molecule has 6 heteroatoms. The zero-order valence-corrected chi connectivity index (χ0v) is 14.3. The van der Waals surface area contributed by atoms with Crippen molar-refractivity contribution in [2.45, 2.75) is 17.4 Å². The van der Waals surface area contributed by atoms with Crippen molar-refractivity contribution in [3.8, 4) is 0 Å². The van der Waals surface area contributed by atoms with Crippen molar-refractivity contribution in [2.75, 3.05) is 24.2 Å². The first kappa shape index (κ1) is 16.5. The standard InChI is InChI=1S/C18H20N2O3S/c1-24(22,23)17-9-5-6-14(12-17)18(21)19-15-10-11-20(13-15)16-7-3-2-4-8-16/h2-9,12,15H,10-11,13H2,1H3,(H,19,21)/t15-/m1/s1. The van der Waals surface area contributed by atoms with Crippen LogP contribution in [0.4, 0.5) is 5.69 Å². The number of sulfone groups is 1. The van der Waals surface area contributed by atoms with Crippen LogP contribution in [0.15, 0.2) is 59.5 Å². The van der Waals surface area contributed by atoms with Crippen LogP contribution < -0.4 is 10.2 Å². The predicted octanol–water partition coefficient (Wildman–Crippen LogP) is 2.10. The highest BCUT2D eigenvalue weighted by atomic mass is 32.2. The molecule has 1 atom stereocenters. The minimum atomic E-state index is -3.32. The molecule has 1 N–H and O–H groups in total. The highest BCUT2D eigenvalue weighted by Crippen LogP contribution is 2.20. The van der Waals surface area contributed by atoms with Gasteiger partial charge in [0, 0.05) is 36.6 Å². The summed E-state index contributed by atoms with van der Waals surface area (Å²) in [6, 6.07) is 16.3. The molecule has 2 aromatic rings. The number of amides is 1. The van der Waals surface area contributed by atoms with Crippen LogP contribution in [0, 0.1) is 0 Å². The highest BCUT2D eigenvalue weighted by Gasteiger charge is 2.24. The minimum Gasteiger partial charge on any atom is -0.369 e. The Labute approximate surface area is 142 Å². The molecular formula is C18H20N2O3S. The monoisotopic (exact) mass is 344 g/mol. The van der Waals surface area contributed by atoms with Gasteiger partial charge in [0.15, 0.2) is 9.84 Å². The molecule has 2 aromatic carbocycles. The van der Waals surface area contributed by atoms with E-state index in [0.717, 1.165) is 31.5 Å². The van der Waals surface area contributed by atoms with Gasteiger partial charge < -0.3 is 10.2 Å². The van der Waals surface area contributed by atoms with Crippen molar-refractivity contribution in [1.82, 2.24) is 5.32 Å². The van der Waals surface area contributed by atoms with Gasteiger partial charge in [0.05, 0.1) is 4.90 Å². The van der Waals surface area contributed by atoms with Crippen LogP contribution >= 0.6 is 0 Å². The van der Waals surface area contributed by atoms with E-state index in [1.54, 1.807) is 12.1 Å². The zero-order chi connectivity index (χ0) is 17.2. The number of carbonyl (C=O) groups excluding carboxylic acids is 1. The van der Waals surface area contributed by atoms with Gasteiger partial charge in [-0.2, -0.15) is 0 Å². The summed E-state index contributed by atoms with van der Waals surface area (Å²) in [4.78, 5) is 14.8. The van der Waals surface area contributed by atoms with Crippen LogP contribution in [0.3, 0.4) is 0 Å². The Bertz CT molecular complexity index is 834. The average Bonchev–Trinajstić information content (AvgIpc) is 3.03. The summed E-state index contributed by atoms with van der Waals surface area (Å²) in [5.41, 5.74) is 1.52. The quantitative estimate of drug-likeness (QED) is 0.922. The van der Waals surface area contributed by atoms with E-state index in [4.69, 9.17) is 0 Å². The second-order valence-corrected chi connectivity index (χ2v) is 8.06. The Hall–Kier alpha value is -2.34. The molecule has 1 aliphatic rings. The van der Waals surface area contributed by atoms with E-state index in [2.05, 4.69) is 22.3 Å². The summed E-state index contributed by atoms with van der Waals surface area (Å²) >= 11 is 0. The SMILES string of the molecule is CS(=O)(=O)c1cccc(C(=O)N[C@@H]2CCN(c3ccccc3)C2)c1. The Balaban J connectivity index is 1.66. The van der Waals surface area contributed by atoms with Gasteiger partial charge in [0.25, 0.3) is 5.91 Å². The highest BCUT2D eigenvalue weighted by molar-refractivity contribution is 7.90. The van der Waals surface area contributed by atoms with Crippen molar-refractivity contribution < 1.29 is 13.2 Å². The summed E-state index contributed by atoms with van der Waals surface area (Å²) in [5, 5.41) is 3.00. The first-order chi connectivity index (χ1) is 11.4. The van der Waals surface area contributed by atoms with Crippen LogP contribution in [0.5, 0.6) is 0 Å². The van der Waals surface area contributed by atoms with Crippen molar-refractivity contribution >= 4 is 21.4 Å². The molecule has 1 heterocycles. The fraction of sp³-hybridized carbons (Fsp3) is 0.278. The zero-order valence-electron chi connectivity index (χ0n) is 13.5. The molecule has 1 saturated heterocycles. The first-order valence-corrected chi connectivity index (χ1v) is 9.73. The molecule has 0 radical (unpaired) electrons. The second-order valence-electron chi connectivity index (χ2n) is 6.04. The third-order valence-electron chi connectivity index (χ3n) is 4.17. The lowest BCUT2D eigenvalue weighted by atomic mass is 10.2. The van der Waals surface area contributed by atoms with E-state index in [1.165, 1.54) is 12.1 Å². The molecule has 5 nitrogen and oxygen atoms in total. The van der Waals surface area contributed by atoms with Gasteiger partial charge in [0.2, 0.25) is 0 Å². The lowest BCUT2D eigenvalue weighted by molar-refractivity contribution is 0.0940. The fourth-order valence-corrected chi connectivity index (χ4v) is 3.55. The first-order valence-electron chi connectivity index (χ1n) is 7.84. The molecule has 3 rings (SSSR count). The largest absolute Gasteiger partial charge is 0.369 e. The van der Waals surface area contributed by atoms with Crippen LogP contribution in [0.1, 0.15) is 16.8 Å². The molecular weight excluding hydrogens is 324 g/mol. The van der Waals surface area contributed by atoms with E-state index in [1.807, 2.05) is 18.2 Å². The van der Waals surface area contributed by atoms with Gasteiger partial charge in [-0.15, -0.1) is 0 Å². The molecule has 0 saturated carbocycles. The molecule has 0 aromatic heterocycles. The minimum absolute atomic E-state index is 0.0552. The van der Waals surface area contributed by atoms with Gasteiger partial charge in [-0.3, -0.25) is 4.79 Å². The number of carbonyl (C=O) groups is 1. The van der Waals surface area contributed by atoms with Gasteiger partial charge in [0.1, 0.15) is 0 Å². The topological polar surface area (TPSA) is 66.5 Å². The molecule has 0 aliphatic carbocycles. The van der Waals surface area contributed by atoms with Crippen molar-refractivity contribution in [1.29, 1.82) is 0 Å². The number of hydrogen-bond donors (Lipinski definition) is 1. The molecule has 1 amide bonds. The van der Waals surface area contributed by atoms with Gasteiger partial charge in [-0.1, -0.05) is 24.3 Å². The van der Waals surface area contributed by atoms with E-state index in [0.29, 0.717) is 5.56 Å². The average molecular weight is 344 g/mol. The van der Waals surface area contributed by atoms with Crippen LogP contribution in [-0.2, 0) is 9.84 Å². The third-order valence-corrected chi connectivity index (χ3v) is 5.28. The van der Waals surface area contributed by atoms with Gasteiger partial charge in [-0.25, -0.2) is 8.42 Å². The fourth-order valence-electron chi connectivity index (χ4n) is 2.89. The maximum Gasteiger partial charge on any atom is 0.251 e. The molecule has 0 bridgehead atoms. The number of nitrogens with one attached hydrogen (secondary N) is 1. The Kier molecular flexibility index (Phi) is 4.57. The smallest absolute Gasteiger partial charge is 0.251 e. The predicted molar refractivity (Wildman–Crippen MR) is 94.1 cm³/mol. The van der Waals surface area contributed by atoms with Crippen molar-refractivity contribution in [3.63, 3.8) is 0 Å². The van der Waals surface area contributed by atoms with E-state index < -0.39 is 9.84 Å². The Morgan fingerprint density at radius 3 is 2.58 bits per heavy atom. The lowest BCUT2D eigenvalue weighted by Gasteiger charge is -2.19. The van der Waals surface area contributed by atoms with E-state index in [-0.39, 0.29) is 16.8 Å². The summed E-state index contributed by atoms with van der Waals surface area (Å²) in [7, 11) is -3.32. The van der Waals surface area contributed by atoms with Crippen molar-refractivity contribution in [3.05, 3.63) is 60.2 Å². The number of hydrogen-bond acceptors (Lipinski definition) is 4. The molecule has 24 heavy (non-hydrogen) atoms. The Morgan fingerprint density at radius 2 is 1.88 bits per heavy atom. The second kappa shape index (κ2) is 6.65. The number of rotatable bonds is 4. The van der Waals surface area contributed by atoms with Gasteiger partial charge in [-0.05, 0) is 36.8 Å². The molecule has 1 aliphatic heterocycles. The summed E-state index contributed by atoms with van der Waals surface area (Å²) < 4.78 is 23.2.